The van der Waals surface area contributed by atoms with Gasteiger partial charge in [0.25, 0.3) is 12.0 Å². The van der Waals surface area contributed by atoms with Crippen LogP contribution in [0.25, 0.3) is 11.1 Å². The first-order valence-electron chi connectivity index (χ1n) is 7.81. The topological polar surface area (TPSA) is 76.0 Å². The van der Waals surface area contributed by atoms with Crippen molar-refractivity contribution in [2.75, 3.05) is 0 Å². The second-order valence-electron chi connectivity index (χ2n) is 6.84. The van der Waals surface area contributed by atoms with Gasteiger partial charge in [-0.05, 0) is 55.4 Å². The summed E-state index contributed by atoms with van der Waals surface area (Å²) in [5.74, 6) is -0.364. The molecule has 4 rings (SSSR count). The monoisotopic (exact) mass is 322 g/mol. The number of nitrogens with zero attached hydrogens (tertiary/aromatic N) is 1. The smallest absolute Gasteiger partial charge is 0.337 e. The molecule has 23 heavy (non-hydrogen) atoms. The van der Waals surface area contributed by atoms with Crippen molar-refractivity contribution in [3.05, 3.63) is 38.2 Å². The molecule has 0 unspecified atom stereocenters. The van der Waals surface area contributed by atoms with E-state index in [0.29, 0.717) is 23.3 Å². The lowest BCUT2D eigenvalue weighted by atomic mass is 9.95. The van der Waals surface area contributed by atoms with Crippen molar-refractivity contribution in [1.29, 1.82) is 0 Å². The Morgan fingerprint density at radius 1 is 1.35 bits per heavy atom. The summed E-state index contributed by atoms with van der Waals surface area (Å²) < 4.78 is 30.4. The lowest BCUT2D eigenvalue weighted by Gasteiger charge is -2.11. The van der Waals surface area contributed by atoms with Crippen LogP contribution in [0.2, 0.25) is 0 Å². The van der Waals surface area contributed by atoms with Gasteiger partial charge in [0.1, 0.15) is 5.39 Å². The number of nitrogens with one attached hydrogen (secondary N) is 1. The van der Waals surface area contributed by atoms with Crippen LogP contribution in [0.15, 0.2) is 20.1 Å². The molecule has 1 atom stereocenters. The third-order valence-electron chi connectivity index (χ3n) is 5.19. The molecular formula is C16H16F2N2O3. The summed E-state index contributed by atoms with van der Waals surface area (Å²) in [6.07, 6.45) is 3.56. The van der Waals surface area contributed by atoms with Crippen LogP contribution in [0, 0.1) is 11.3 Å². The van der Waals surface area contributed by atoms with Gasteiger partial charge in [-0.2, -0.15) is 4.98 Å². The van der Waals surface area contributed by atoms with Crippen molar-refractivity contribution in [3.63, 3.8) is 0 Å². The Morgan fingerprint density at radius 3 is 2.78 bits per heavy atom. The molecule has 2 saturated carbocycles. The molecule has 2 aliphatic carbocycles. The third kappa shape index (κ3) is 2.58. The Kier molecular flexibility index (Phi) is 3.14. The van der Waals surface area contributed by atoms with Gasteiger partial charge in [-0.1, -0.05) is 0 Å². The van der Waals surface area contributed by atoms with Crippen molar-refractivity contribution in [2.45, 2.75) is 45.0 Å². The van der Waals surface area contributed by atoms with E-state index in [9.17, 15) is 18.4 Å². The number of alkyl halides is 2. The van der Waals surface area contributed by atoms with Crippen molar-refractivity contribution in [1.82, 2.24) is 9.97 Å². The van der Waals surface area contributed by atoms with Gasteiger partial charge in [-0.15, -0.1) is 0 Å². The van der Waals surface area contributed by atoms with Crippen LogP contribution < -0.4 is 11.2 Å². The normalized spacial score (nSPS) is 22.3. The molecule has 122 valence electrons. The molecule has 2 fully saturated rings. The highest BCUT2D eigenvalue weighted by molar-refractivity contribution is 5.75. The summed E-state index contributed by atoms with van der Waals surface area (Å²) >= 11 is 0. The number of H-pyrrole nitrogens is 1. The maximum atomic E-state index is 12.7. The second kappa shape index (κ2) is 4.97. The molecule has 0 bridgehead atoms. The highest BCUT2D eigenvalue weighted by Gasteiger charge is 2.47. The Labute approximate surface area is 129 Å². The van der Waals surface area contributed by atoms with Gasteiger partial charge in [-0.25, -0.2) is 13.6 Å². The zero-order valence-corrected chi connectivity index (χ0v) is 12.4. The number of halogens is 2. The minimum Gasteiger partial charge on any atom is -0.403 e. The van der Waals surface area contributed by atoms with Crippen LogP contribution in [0.5, 0.6) is 0 Å². The number of aromatic nitrogens is 2. The molecular weight excluding hydrogens is 306 g/mol. The van der Waals surface area contributed by atoms with Crippen molar-refractivity contribution in [3.8, 4) is 0 Å². The van der Waals surface area contributed by atoms with Gasteiger partial charge < -0.3 is 9.40 Å². The fraction of sp³-hybridized carbons (Fsp3) is 0.562. The summed E-state index contributed by atoms with van der Waals surface area (Å²) in [6, 6.07) is 1.29. The van der Waals surface area contributed by atoms with E-state index in [2.05, 4.69) is 9.97 Å². The summed E-state index contributed by atoms with van der Waals surface area (Å²) in [5.41, 5.74) is -0.597. The van der Waals surface area contributed by atoms with Gasteiger partial charge in [0, 0.05) is 6.07 Å². The first-order chi connectivity index (χ1) is 11.0. The van der Waals surface area contributed by atoms with Crippen LogP contribution in [0.3, 0.4) is 0 Å². The largest absolute Gasteiger partial charge is 0.403 e. The molecule has 1 N–H and O–H groups in total. The zero-order chi connectivity index (χ0) is 16.2. The highest BCUT2D eigenvalue weighted by atomic mass is 19.3. The second-order valence-corrected chi connectivity index (χ2v) is 6.84. The molecule has 0 radical (unpaired) electrons. The third-order valence-corrected chi connectivity index (χ3v) is 5.19. The fourth-order valence-corrected chi connectivity index (χ4v) is 3.87. The molecule has 1 spiro atoms. The van der Waals surface area contributed by atoms with E-state index in [4.69, 9.17) is 4.42 Å². The molecule has 5 nitrogen and oxygen atoms in total. The Morgan fingerprint density at radius 2 is 2.13 bits per heavy atom. The number of hydrogen-bond acceptors (Lipinski definition) is 4. The Bertz CT molecular complexity index is 883. The molecule has 7 heteroatoms. The van der Waals surface area contributed by atoms with Crippen LogP contribution in [-0.2, 0) is 6.42 Å². The van der Waals surface area contributed by atoms with Crippen LogP contribution >= 0.6 is 0 Å². The summed E-state index contributed by atoms with van der Waals surface area (Å²) in [7, 11) is 0. The average Bonchev–Trinajstić information content (AvgIpc) is 3.11. The minimum absolute atomic E-state index is 0.116. The summed E-state index contributed by atoms with van der Waals surface area (Å²) in [6.45, 7) is 0. The molecule has 2 aliphatic rings. The quantitative estimate of drug-likeness (QED) is 0.942. The fourth-order valence-electron chi connectivity index (χ4n) is 3.87. The van der Waals surface area contributed by atoms with E-state index < -0.39 is 23.4 Å². The van der Waals surface area contributed by atoms with Crippen molar-refractivity contribution < 1.29 is 13.2 Å². The Balaban J connectivity index is 1.76. The predicted molar refractivity (Wildman–Crippen MR) is 78.6 cm³/mol. The molecule has 0 saturated heterocycles. The number of fused-ring (bicyclic) bond motifs is 1. The van der Waals surface area contributed by atoms with Crippen LogP contribution in [-0.4, -0.2) is 9.97 Å². The van der Waals surface area contributed by atoms with Gasteiger partial charge in [0.05, 0.1) is 0 Å². The molecule has 2 aromatic heterocycles. The van der Waals surface area contributed by atoms with Gasteiger partial charge in [-0.3, -0.25) is 4.79 Å². The Hall–Kier alpha value is -2.05. The minimum atomic E-state index is -2.93. The molecule has 0 aliphatic heterocycles. The summed E-state index contributed by atoms with van der Waals surface area (Å²) in [5, 5.41) is 0.116. The maximum absolute atomic E-state index is 12.7. The standard InChI is InChI=1S/C16H16F2N2O3/c17-12(18)13-19-14(22)11-9(6-10(21)23-15(11)20-13)5-8-1-2-16(7-8)3-4-16/h6,8,12H,1-5,7H2,(H,19,20,22)/t8-/m0/s1. The lowest BCUT2D eigenvalue weighted by Crippen LogP contribution is -2.17. The van der Waals surface area contributed by atoms with Gasteiger partial charge >= 0.3 is 5.63 Å². The predicted octanol–water partition coefficient (Wildman–Crippen LogP) is 2.94. The zero-order valence-electron chi connectivity index (χ0n) is 12.4. The SMILES string of the molecule is O=c1cc(C[C@@H]2CCC3(CC3)C2)c2c(=O)[nH]c(C(F)F)nc2o1. The van der Waals surface area contributed by atoms with E-state index in [1.165, 1.54) is 25.3 Å². The number of rotatable bonds is 3. The molecule has 2 heterocycles. The van der Waals surface area contributed by atoms with Crippen LogP contribution in [0.4, 0.5) is 8.78 Å². The van der Waals surface area contributed by atoms with E-state index in [0.717, 1.165) is 12.8 Å². The van der Waals surface area contributed by atoms with Gasteiger partial charge in [0.2, 0.25) is 5.71 Å². The maximum Gasteiger partial charge on any atom is 0.337 e. The van der Waals surface area contributed by atoms with E-state index in [-0.39, 0.29) is 11.1 Å². The summed E-state index contributed by atoms with van der Waals surface area (Å²) in [4.78, 5) is 29.5. The van der Waals surface area contributed by atoms with E-state index in [1.807, 2.05) is 0 Å². The first-order valence-corrected chi connectivity index (χ1v) is 7.81. The molecule has 0 aromatic carbocycles. The van der Waals surface area contributed by atoms with E-state index in [1.54, 1.807) is 0 Å². The highest BCUT2D eigenvalue weighted by Crippen LogP contribution is 2.60. The number of hydrogen-bond donors (Lipinski definition) is 1. The number of aromatic amines is 1. The molecule has 0 amide bonds. The average molecular weight is 322 g/mol. The molecule has 2 aromatic rings. The van der Waals surface area contributed by atoms with Crippen LogP contribution in [0.1, 0.15) is 49.9 Å². The van der Waals surface area contributed by atoms with Crippen molar-refractivity contribution >= 4 is 11.1 Å². The van der Waals surface area contributed by atoms with Crippen molar-refractivity contribution in [2.24, 2.45) is 11.3 Å². The van der Waals surface area contributed by atoms with Gasteiger partial charge in [0.15, 0.2) is 5.82 Å². The van der Waals surface area contributed by atoms with E-state index >= 15 is 0 Å². The lowest BCUT2D eigenvalue weighted by molar-refractivity contribution is 0.140. The first kappa shape index (κ1) is 14.5.